The summed E-state index contributed by atoms with van der Waals surface area (Å²) in [5.74, 6) is -0.142. The molecule has 0 aromatic rings. The van der Waals surface area contributed by atoms with Crippen LogP contribution in [0.4, 0.5) is 0 Å². The van der Waals surface area contributed by atoms with Crippen molar-refractivity contribution in [1.29, 1.82) is 0 Å². The van der Waals surface area contributed by atoms with E-state index < -0.39 is 8.32 Å². The minimum atomic E-state index is -1.45. The zero-order chi connectivity index (χ0) is 28.0. The van der Waals surface area contributed by atoms with Gasteiger partial charge in [0.05, 0.1) is 99.1 Å². The summed E-state index contributed by atoms with van der Waals surface area (Å²) in [4.78, 5) is 11.6. The second-order valence-electron chi connectivity index (χ2n) is 9.63. The van der Waals surface area contributed by atoms with Crippen LogP contribution in [0.3, 0.4) is 0 Å². The van der Waals surface area contributed by atoms with Crippen molar-refractivity contribution < 1.29 is 47.1 Å². The number of ether oxygens (including phenoxy) is 8. The van der Waals surface area contributed by atoms with E-state index in [0.717, 1.165) is 12.8 Å². The number of esters is 1. The van der Waals surface area contributed by atoms with Gasteiger partial charge in [0.15, 0.2) is 8.32 Å². The normalized spacial score (nSPS) is 11.8. The van der Waals surface area contributed by atoms with E-state index in [2.05, 4.69) is 26.6 Å². The third-order valence-electron chi connectivity index (χ3n) is 4.97. The monoisotopic (exact) mass is 568 g/mol. The van der Waals surface area contributed by atoms with Gasteiger partial charge in [-0.05, 0) is 26.1 Å². The SMILES string of the molecule is CCCCCCCC(=O)OCCOCCOCCOCCOCCOCCOCCOCCO[Si](C)(C)C. The molecule has 0 bridgehead atoms. The van der Waals surface area contributed by atoms with Crippen molar-refractivity contribution in [2.24, 2.45) is 0 Å². The second kappa shape index (κ2) is 29.4. The van der Waals surface area contributed by atoms with Crippen molar-refractivity contribution in [3.05, 3.63) is 0 Å². The van der Waals surface area contributed by atoms with Gasteiger partial charge in [-0.25, -0.2) is 0 Å². The van der Waals surface area contributed by atoms with E-state index in [9.17, 15) is 4.79 Å². The van der Waals surface area contributed by atoms with Crippen LogP contribution in [0.1, 0.15) is 45.4 Å². The highest BCUT2D eigenvalue weighted by Gasteiger charge is 2.13. The van der Waals surface area contributed by atoms with Crippen molar-refractivity contribution in [1.82, 2.24) is 0 Å². The predicted molar refractivity (Wildman–Crippen MR) is 149 cm³/mol. The molecule has 0 amide bonds. The van der Waals surface area contributed by atoms with Crippen LogP contribution in [0, 0.1) is 0 Å². The third-order valence-corrected chi connectivity index (χ3v) is 6.04. The van der Waals surface area contributed by atoms with E-state index in [4.69, 9.17) is 42.3 Å². The summed E-state index contributed by atoms with van der Waals surface area (Å²) in [6.07, 6.45) is 6.11. The molecule has 0 rings (SSSR count). The number of carbonyl (C=O) groups excluding carboxylic acids is 1. The lowest BCUT2D eigenvalue weighted by Crippen LogP contribution is -2.27. The quantitative estimate of drug-likeness (QED) is 0.0696. The zero-order valence-electron chi connectivity index (χ0n) is 24.6. The van der Waals surface area contributed by atoms with Crippen LogP contribution in [0.25, 0.3) is 0 Å². The third kappa shape index (κ3) is 33.4. The van der Waals surface area contributed by atoms with Crippen molar-refractivity contribution >= 4 is 14.3 Å². The molecule has 0 aromatic carbocycles. The summed E-state index contributed by atoms with van der Waals surface area (Å²) >= 11 is 0. The summed E-state index contributed by atoms with van der Waals surface area (Å²) in [5.41, 5.74) is 0. The maximum Gasteiger partial charge on any atom is 0.305 e. The van der Waals surface area contributed by atoms with Gasteiger partial charge in [0, 0.05) is 6.42 Å². The molecule has 38 heavy (non-hydrogen) atoms. The largest absolute Gasteiger partial charge is 0.463 e. The molecule has 0 unspecified atom stereocenters. The smallest absolute Gasteiger partial charge is 0.305 e. The number of rotatable bonds is 31. The standard InChI is InChI=1S/C27H56O10Si/c1-5-6-7-8-9-10-27(28)36-25-23-34-21-19-32-17-15-30-13-11-29-12-14-31-16-18-33-20-22-35-24-26-37-38(2,3)4/h5-26H2,1-4H3. The molecule has 0 aliphatic heterocycles. The van der Waals surface area contributed by atoms with E-state index in [-0.39, 0.29) is 5.97 Å². The van der Waals surface area contributed by atoms with Gasteiger partial charge in [-0.15, -0.1) is 0 Å². The Morgan fingerprint density at radius 3 is 1.18 bits per heavy atom. The highest BCUT2D eigenvalue weighted by atomic mass is 28.4. The molecule has 11 heteroatoms. The summed E-state index contributed by atoms with van der Waals surface area (Å²) in [6.45, 7) is 16.8. The minimum absolute atomic E-state index is 0.142. The van der Waals surface area contributed by atoms with Crippen molar-refractivity contribution in [3.8, 4) is 0 Å². The molecule has 0 heterocycles. The van der Waals surface area contributed by atoms with Gasteiger partial charge in [0.25, 0.3) is 0 Å². The first-order chi connectivity index (χ1) is 18.5. The maximum atomic E-state index is 11.6. The average molecular weight is 569 g/mol. The number of hydrogen-bond acceptors (Lipinski definition) is 10. The lowest BCUT2D eigenvalue weighted by Gasteiger charge is -2.16. The molecule has 0 radical (unpaired) electrons. The maximum absolute atomic E-state index is 11.6. The first-order valence-electron chi connectivity index (χ1n) is 14.3. The fourth-order valence-electron chi connectivity index (χ4n) is 2.99. The zero-order valence-corrected chi connectivity index (χ0v) is 25.6. The Morgan fingerprint density at radius 2 is 0.816 bits per heavy atom. The Balaban J connectivity index is 3.11. The van der Waals surface area contributed by atoms with Gasteiger partial charge < -0.3 is 42.3 Å². The predicted octanol–water partition coefficient (Wildman–Crippen LogP) is 3.86. The minimum Gasteiger partial charge on any atom is -0.463 e. The molecule has 0 aliphatic carbocycles. The van der Waals surface area contributed by atoms with Crippen LogP contribution in [-0.2, 0) is 47.1 Å². The molecule has 0 N–H and O–H groups in total. The van der Waals surface area contributed by atoms with Crippen LogP contribution in [0.2, 0.25) is 19.6 Å². The molecule has 228 valence electrons. The van der Waals surface area contributed by atoms with Gasteiger partial charge in [-0.3, -0.25) is 4.79 Å². The molecule has 0 saturated heterocycles. The van der Waals surface area contributed by atoms with Crippen molar-refractivity contribution in [3.63, 3.8) is 0 Å². The van der Waals surface area contributed by atoms with Gasteiger partial charge in [-0.1, -0.05) is 32.6 Å². The van der Waals surface area contributed by atoms with Crippen molar-refractivity contribution in [2.75, 3.05) is 106 Å². The fourth-order valence-corrected chi connectivity index (χ4v) is 3.68. The van der Waals surface area contributed by atoms with Crippen molar-refractivity contribution in [2.45, 2.75) is 65.1 Å². The molecule has 0 spiro atoms. The average Bonchev–Trinajstić information content (AvgIpc) is 2.88. The van der Waals surface area contributed by atoms with Gasteiger partial charge in [0.2, 0.25) is 0 Å². The highest BCUT2D eigenvalue weighted by molar-refractivity contribution is 6.69. The van der Waals surface area contributed by atoms with E-state index in [1.165, 1.54) is 19.3 Å². The summed E-state index contributed by atoms with van der Waals surface area (Å²) < 4.78 is 49.0. The molecular weight excluding hydrogens is 512 g/mol. The van der Waals surface area contributed by atoms with Crippen LogP contribution < -0.4 is 0 Å². The first kappa shape index (κ1) is 37.4. The molecule has 0 aliphatic rings. The van der Waals surface area contributed by atoms with E-state index >= 15 is 0 Å². The van der Waals surface area contributed by atoms with E-state index in [1.807, 2.05) is 0 Å². The first-order valence-corrected chi connectivity index (χ1v) is 17.7. The van der Waals surface area contributed by atoms with Crippen LogP contribution >= 0.6 is 0 Å². The van der Waals surface area contributed by atoms with Crippen LogP contribution in [0.15, 0.2) is 0 Å². The molecule has 0 atom stereocenters. The molecule has 0 saturated carbocycles. The summed E-state index contributed by atoms with van der Waals surface area (Å²) in [5, 5.41) is 0. The lowest BCUT2D eigenvalue weighted by atomic mass is 10.1. The van der Waals surface area contributed by atoms with Gasteiger partial charge >= 0.3 is 5.97 Å². The molecular formula is C27H56O10Si. The Bertz CT molecular complexity index is 491. The molecule has 0 aromatic heterocycles. The summed E-state index contributed by atoms with van der Waals surface area (Å²) in [6, 6.07) is 0. The highest BCUT2D eigenvalue weighted by Crippen LogP contribution is 2.05. The molecule has 10 nitrogen and oxygen atoms in total. The van der Waals surface area contributed by atoms with Gasteiger partial charge in [-0.2, -0.15) is 0 Å². The number of unbranched alkanes of at least 4 members (excludes halogenated alkanes) is 4. The Morgan fingerprint density at radius 1 is 0.474 bits per heavy atom. The van der Waals surface area contributed by atoms with Crippen LogP contribution in [-0.4, -0.2) is 120 Å². The number of carbonyl (C=O) groups is 1. The van der Waals surface area contributed by atoms with Gasteiger partial charge in [0.1, 0.15) is 6.61 Å². The second-order valence-corrected chi connectivity index (χ2v) is 14.1. The lowest BCUT2D eigenvalue weighted by molar-refractivity contribution is -0.145. The Labute approximate surface area is 232 Å². The Kier molecular flexibility index (Phi) is 28.9. The van der Waals surface area contributed by atoms with Crippen LogP contribution in [0.5, 0.6) is 0 Å². The number of hydrogen-bond donors (Lipinski definition) is 0. The fraction of sp³-hybridized carbons (Fsp3) is 0.963. The topological polar surface area (TPSA) is 100 Å². The van der Waals surface area contributed by atoms with E-state index in [0.29, 0.717) is 112 Å². The van der Waals surface area contributed by atoms with E-state index in [1.54, 1.807) is 0 Å². The molecule has 0 fully saturated rings. The summed E-state index contributed by atoms with van der Waals surface area (Å²) in [7, 11) is -1.45. The Hall–Kier alpha value is -0.633.